The molecule has 2 aromatic rings. The summed E-state index contributed by atoms with van der Waals surface area (Å²) in [5, 5.41) is 19.0. The van der Waals surface area contributed by atoms with E-state index in [9.17, 15) is 14.6 Å². The number of hydrogen-bond donors (Lipinski definition) is 2. The van der Waals surface area contributed by atoms with Gasteiger partial charge in [0.2, 0.25) is 0 Å². The molecule has 2 nitrogen and oxygen atoms in total. The highest BCUT2D eigenvalue weighted by Crippen LogP contribution is 2.33. The second-order valence-electron chi connectivity index (χ2n) is 3.36. The normalized spacial score (nSPS) is 10.4. The van der Waals surface area contributed by atoms with Crippen molar-refractivity contribution < 1.29 is 14.6 Å². The first-order valence-corrected chi connectivity index (χ1v) is 5.34. The molecule has 0 aliphatic carbocycles. The molecule has 4 heteroatoms. The summed E-state index contributed by atoms with van der Waals surface area (Å²) in [6.45, 7) is 0. The highest BCUT2D eigenvalue weighted by molar-refractivity contribution is 9.10. The monoisotopic (exact) mass is 282 g/mol. The van der Waals surface area contributed by atoms with Crippen molar-refractivity contribution in [1.29, 1.82) is 0 Å². The van der Waals surface area contributed by atoms with Crippen molar-refractivity contribution in [1.82, 2.24) is 0 Å². The van der Waals surface area contributed by atoms with Crippen LogP contribution in [0.5, 0.6) is 11.5 Å². The molecule has 0 heterocycles. The summed E-state index contributed by atoms with van der Waals surface area (Å²) in [5.74, 6) is -0.578. The van der Waals surface area contributed by atoms with E-state index in [0.717, 1.165) is 6.07 Å². The molecule has 0 amide bonds. The lowest BCUT2D eigenvalue weighted by Crippen LogP contribution is -1.81. The predicted octanol–water partition coefficient (Wildman–Crippen LogP) is 3.67. The maximum Gasteiger partial charge on any atom is 0.126 e. The van der Waals surface area contributed by atoms with E-state index in [4.69, 9.17) is 0 Å². The zero-order chi connectivity index (χ0) is 11.7. The maximum absolute atomic E-state index is 12.8. The number of aromatic hydroxyl groups is 2. The van der Waals surface area contributed by atoms with Gasteiger partial charge in [-0.05, 0) is 35.9 Å². The molecule has 2 N–H and O–H groups in total. The van der Waals surface area contributed by atoms with Crippen molar-refractivity contribution in [2.45, 2.75) is 0 Å². The molecule has 0 spiro atoms. The smallest absolute Gasteiger partial charge is 0.126 e. The summed E-state index contributed by atoms with van der Waals surface area (Å²) in [7, 11) is 0. The third kappa shape index (κ3) is 2.17. The van der Waals surface area contributed by atoms with Gasteiger partial charge < -0.3 is 10.2 Å². The minimum atomic E-state index is -0.500. The predicted molar refractivity (Wildman–Crippen MR) is 62.9 cm³/mol. The van der Waals surface area contributed by atoms with Crippen LogP contribution in [0.1, 0.15) is 0 Å². The SMILES string of the molecule is Oc1cc(Br)cc(-c2ccc(F)cc2O)c1. The fourth-order valence-corrected chi connectivity index (χ4v) is 1.96. The molecular formula is C12H8BrFO2. The van der Waals surface area contributed by atoms with Gasteiger partial charge in [-0.1, -0.05) is 15.9 Å². The summed E-state index contributed by atoms with van der Waals surface area (Å²) in [5.41, 5.74) is 1.09. The Labute approximate surface area is 100 Å². The third-order valence-corrected chi connectivity index (χ3v) is 2.61. The van der Waals surface area contributed by atoms with Crippen LogP contribution in [0.25, 0.3) is 11.1 Å². The molecule has 0 aliphatic rings. The highest BCUT2D eigenvalue weighted by atomic mass is 79.9. The summed E-state index contributed by atoms with van der Waals surface area (Å²) in [6.07, 6.45) is 0. The fourth-order valence-electron chi connectivity index (χ4n) is 1.48. The van der Waals surface area contributed by atoms with Crippen molar-refractivity contribution in [3.05, 3.63) is 46.7 Å². The molecule has 0 atom stereocenters. The Bertz CT molecular complexity index is 520. The van der Waals surface area contributed by atoms with Crippen LogP contribution < -0.4 is 0 Å². The average molecular weight is 283 g/mol. The van der Waals surface area contributed by atoms with Crippen molar-refractivity contribution in [2.24, 2.45) is 0 Å². The summed E-state index contributed by atoms with van der Waals surface area (Å²) >= 11 is 3.23. The molecule has 82 valence electrons. The zero-order valence-corrected chi connectivity index (χ0v) is 9.70. The van der Waals surface area contributed by atoms with E-state index in [1.165, 1.54) is 24.3 Å². The summed E-state index contributed by atoms with van der Waals surface area (Å²) in [4.78, 5) is 0. The molecule has 0 fully saturated rings. The molecule has 0 saturated carbocycles. The van der Waals surface area contributed by atoms with Gasteiger partial charge in [0.05, 0.1) is 0 Å². The van der Waals surface area contributed by atoms with Gasteiger partial charge >= 0.3 is 0 Å². The van der Waals surface area contributed by atoms with E-state index in [1.807, 2.05) is 0 Å². The van der Waals surface area contributed by atoms with E-state index in [0.29, 0.717) is 15.6 Å². The van der Waals surface area contributed by atoms with E-state index < -0.39 is 5.82 Å². The molecule has 2 rings (SSSR count). The van der Waals surface area contributed by atoms with Gasteiger partial charge in [0.25, 0.3) is 0 Å². The van der Waals surface area contributed by atoms with Gasteiger partial charge in [0, 0.05) is 16.1 Å². The first-order chi connectivity index (χ1) is 7.56. The van der Waals surface area contributed by atoms with E-state index in [-0.39, 0.29) is 11.5 Å². The van der Waals surface area contributed by atoms with Crippen LogP contribution in [0.4, 0.5) is 4.39 Å². The number of halogens is 2. The standard InChI is InChI=1S/C12H8BrFO2/c13-8-3-7(4-10(15)5-8)11-2-1-9(14)6-12(11)16/h1-6,15-16H. The minimum absolute atomic E-state index is 0.0769. The van der Waals surface area contributed by atoms with Crippen molar-refractivity contribution in [3.8, 4) is 22.6 Å². The van der Waals surface area contributed by atoms with Crippen LogP contribution in [-0.4, -0.2) is 10.2 Å². The molecule has 0 bridgehead atoms. The molecule has 16 heavy (non-hydrogen) atoms. The Kier molecular flexibility index (Phi) is 2.83. The second-order valence-corrected chi connectivity index (χ2v) is 4.28. The van der Waals surface area contributed by atoms with Gasteiger partial charge in [0.1, 0.15) is 17.3 Å². The number of rotatable bonds is 1. The first kappa shape index (κ1) is 11.0. The van der Waals surface area contributed by atoms with Crippen molar-refractivity contribution in [2.75, 3.05) is 0 Å². The Morgan fingerprint density at radius 3 is 2.38 bits per heavy atom. The Morgan fingerprint density at radius 2 is 1.75 bits per heavy atom. The molecular weight excluding hydrogens is 275 g/mol. The number of hydrogen-bond acceptors (Lipinski definition) is 2. The Hall–Kier alpha value is -1.55. The molecule has 2 aromatic carbocycles. The van der Waals surface area contributed by atoms with Crippen LogP contribution >= 0.6 is 15.9 Å². The molecule has 0 saturated heterocycles. The van der Waals surface area contributed by atoms with Gasteiger partial charge in [-0.2, -0.15) is 0 Å². The van der Waals surface area contributed by atoms with Crippen LogP contribution in [0.3, 0.4) is 0 Å². The average Bonchev–Trinajstić information content (AvgIpc) is 2.15. The Balaban J connectivity index is 2.58. The fraction of sp³-hybridized carbons (Fsp3) is 0. The molecule has 0 radical (unpaired) electrons. The number of phenols is 2. The Morgan fingerprint density at radius 1 is 1.00 bits per heavy atom. The topological polar surface area (TPSA) is 40.5 Å². The van der Waals surface area contributed by atoms with E-state index in [1.54, 1.807) is 6.07 Å². The maximum atomic E-state index is 12.8. The lowest BCUT2D eigenvalue weighted by Gasteiger charge is -2.06. The zero-order valence-electron chi connectivity index (χ0n) is 8.11. The van der Waals surface area contributed by atoms with Gasteiger partial charge in [-0.3, -0.25) is 0 Å². The second kappa shape index (κ2) is 4.14. The number of benzene rings is 2. The first-order valence-electron chi connectivity index (χ1n) is 4.55. The molecule has 0 aliphatic heterocycles. The summed E-state index contributed by atoms with van der Waals surface area (Å²) < 4.78 is 13.5. The molecule has 0 aromatic heterocycles. The van der Waals surface area contributed by atoms with Crippen molar-refractivity contribution >= 4 is 15.9 Å². The van der Waals surface area contributed by atoms with Crippen LogP contribution in [0.2, 0.25) is 0 Å². The van der Waals surface area contributed by atoms with Crippen LogP contribution in [-0.2, 0) is 0 Å². The van der Waals surface area contributed by atoms with Crippen molar-refractivity contribution in [3.63, 3.8) is 0 Å². The van der Waals surface area contributed by atoms with Crippen LogP contribution in [0.15, 0.2) is 40.9 Å². The summed E-state index contributed by atoms with van der Waals surface area (Å²) in [6, 6.07) is 8.51. The van der Waals surface area contributed by atoms with Crippen LogP contribution in [0, 0.1) is 5.82 Å². The molecule has 0 unspecified atom stereocenters. The lowest BCUT2D eigenvalue weighted by atomic mass is 10.0. The van der Waals surface area contributed by atoms with E-state index >= 15 is 0 Å². The van der Waals surface area contributed by atoms with Gasteiger partial charge in [-0.15, -0.1) is 0 Å². The largest absolute Gasteiger partial charge is 0.508 e. The minimum Gasteiger partial charge on any atom is -0.508 e. The van der Waals surface area contributed by atoms with Gasteiger partial charge in [0.15, 0.2) is 0 Å². The van der Waals surface area contributed by atoms with Gasteiger partial charge in [-0.25, -0.2) is 4.39 Å². The van der Waals surface area contributed by atoms with E-state index in [2.05, 4.69) is 15.9 Å². The highest BCUT2D eigenvalue weighted by Gasteiger charge is 2.07. The third-order valence-electron chi connectivity index (χ3n) is 2.15. The lowest BCUT2D eigenvalue weighted by molar-refractivity contribution is 0.470. The quantitative estimate of drug-likeness (QED) is 0.838. The number of phenolic OH excluding ortho intramolecular Hbond substituents is 2.